The van der Waals surface area contributed by atoms with Gasteiger partial charge in [-0.3, -0.25) is 4.68 Å². The lowest BCUT2D eigenvalue weighted by atomic mass is 10.1. The van der Waals surface area contributed by atoms with Crippen molar-refractivity contribution in [2.45, 2.75) is 45.5 Å². The van der Waals surface area contributed by atoms with Crippen LogP contribution in [0, 0.1) is 0 Å². The average Bonchev–Trinajstić information content (AvgIpc) is 3.29. The molecule has 0 fully saturated rings. The number of fused-ring (bicyclic) bond motifs is 2. The van der Waals surface area contributed by atoms with Crippen LogP contribution in [0.4, 0.5) is 0 Å². The molecule has 0 bridgehead atoms. The van der Waals surface area contributed by atoms with Gasteiger partial charge in [-0.2, -0.15) is 5.10 Å². The third-order valence-corrected chi connectivity index (χ3v) is 5.15. The van der Waals surface area contributed by atoms with Gasteiger partial charge >= 0.3 is 0 Å². The third-order valence-electron chi connectivity index (χ3n) is 5.15. The Kier molecular flexibility index (Phi) is 3.78. The summed E-state index contributed by atoms with van der Waals surface area (Å²) in [5.74, 6) is 1.95. The predicted octanol–water partition coefficient (Wildman–Crippen LogP) is 2.61. The van der Waals surface area contributed by atoms with Gasteiger partial charge in [-0.15, -0.1) is 0 Å². The van der Waals surface area contributed by atoms with Gasteiger partial charge in [0.2, 0.25) is 0 Å². The van der Waals surface area contributed by atoms with Gasteiger partial charge in [0.1, 0.15) is 17.5 Å². The van der Waals surface area contributed by atoms with Gasteiger partial charge in [-0.1, -0.05) is 12.1 Å². The highest BCUT2D eigenvalue weighted by Crippen LogP contribution is 2.30. The molecule has 0 unspecified atom stereocenters. The number of aromatic nitrogens is 4. The largest absolute Gasteiger partial charge is 0.490 e. The first kappa shape index (κ1) is 15.6. The molecule has 0 aliphatic carbocycles. The molecule has 3 aromatic rings. The maximum Gasteiger partial charge on any atom is 0.160 e. The molecule has 6 nitrogen and oxygen atoms in total. The summed E-state index contributed by atoms with van der Waals surface area (Å²) in [6.45, 7) is 5.79. The molecule has 2 aliphatic heterocycles. The smallest absolute Gasteiger partial charge is 0.160 e. The van der Waals surface area contributed by atoms with Gasteiger partial charge < -0.3 is 14.6 Å². The van der Waals surface area contributed by atoms with Crippen LogP contribution < -0.4 is 10.1 Å². The van der Waals surface area contributed by atoms with E-state index in [0.717, 1.165) is 56.3 Å². The zero-order chi connectivity index (χ0) is 17.5. The molecule has 0 saturated heterocycles. The number of ether oxygens (including phenoxy) is 1. The number of aryl methyl sites for hydroxylation is 1. The molecule has 134 valence electrons. The van der Waals surface area contributed by atoms with E-state index < -0.39 is 0 Å². The quantitative estimate of drug-likeness (QED) is 0.790. The van der Waals surface area contributed by atoms with Crippen LogP contribution in [0.5, 0.6) is 5.75 Å². The summed E-state index contributed by atoms with van der Waals surface area (Å²) in [7, 11) is 0. The molecule has 5 rings (SSSR count). The first-order valence-corrected chi connectivity index (χ1v) is 9.34. The lowest BCUT2D eigenvalue weighted by Crippen LogP contribution is -2.11. The van der Waals surface area contributed by atoms with Gasteiger partial charge in [0, 0.05) is 38.4 Å². The second-order valence-corrected chi connectivity index (χ2v) is 7.23. The molecule has 0 amide bonds. The minimum atomic E-state index is 0.276. The van der Waals surface area contributed by atoms with E-state index >= 15 is 0 Å². The topological polar surface area (TPSA) is 56.9 Å². The molecule has 6 heteroatoms. The number of nitrogens with zero attached hydrogens (tertiary/aromatic N) is 4. The predicted molar refractivity (Wildman–Crippen MR) is 99.1 cm³/mol. The number of hydrogen-bond donors (Lipinski definition) is 1. The van der Waals surface area contributed by atoms with Gasteiger partial charge in [0.05, 0.1) is 5.69 Å². The number of rotatable bonds is 3. The fraction of sp³-hybridized carbons (Fsp3) is 0.400. The van der Waals surface area contributed by atoms with Crippen molar-refractivity contribution in [3.8, 4) is 17.3 Å². The van der Waals surface area contributed by atoms with Gasteiger partial charge in [0.15, 0.2) is 5.82 Å². The van der Waals surface area contributed by atoms with E-state index in [2.05, 4.69) is 50.7 Å². The Morgan fingerprint density at radius 2 is 2.27 bits per heavy atom. The van der Waals surface area contributed by atoms with E-state index in [9.17, 15) is 0 Å². The minimum absolute atomic E-state index is 0.276. The van der Waals surface area contributed by atoms with Crippen molar-refractivity contribution < 1.29 is 4.74 Å². The molecule has 0 saturated carbocycles. The van der Waals surface area contributed by atoms with E-state index in [4.69, 9.17) is 9.84 Å². The van der Waals surface area contributed by atoms with Crippen LogP contribution in [-0.2, 0) is 26.1 Å². The van der Waals surface area contributed by atoms with Crippen molar-refractivity contribution in [3.05, 3.63) is 53.5 Å². The van der Waals surface area contributed by atoms with Crippen LogP contribution in [0.2, 0.25) is 0 Å². The molecule has 1 atom stereocenters. The Labute approximate surface area is 152 Å². The molecular formula is C20H23N5O. The Balaban J connectivity index is 1.43. The maximum atomic E-state index is 5.81. The maximum absolute atomic E-state index is 5.81. The highest BCUT2D eigenvalue weighted by atomic mass is 16.5. The van der Waals surface area contributed by atoms with Crippen molar-refractivity contribution >= 4 is 0 Å². The second kappa shape index (κ2) is 6.29. The lowest BCUT2D eigenvalue weighted by Gasteiger charge is -2.08. The van der Waals surface area contributed by atoms with Crippen molar-refractivity contribution in [1.29, 1.82) is 0 Å². The van der Waals surface area contributed by atoms with Crippen LogP contribution in [0.3, 0.4) is 0 Å². The van der Waals surface area contributed by atoms with Crippen LogP contribution in [0.25, 0.3) is 11.5 Å². The zero-order valence-electron chi connectivity index (χ0n) is 15.0. The highest BCUT2D eigenvalue weighted by molar-refractivity contribution is 5.51. The summed E-state index contributed by atoms with van der Waals surface area (Å²) in [6.07, 6.45) is 6.26. The normalized spacial score (nSPS) is 18.9. The van der Waals surface area contributed by atoms with E-state index in [1.54, 1.807) is 0 Å². The Hall–Kier alpha value is -2.60. The molecular weight excluding hydrogens is 326 g/mol. The minimum Gasteiger partial charge on any atom is -0.490 e. The monoisotopic (exact) mass is 349 g/mol. The van der Waals surface area contributed by atoms with E-state index in [1.807, 2.05) is 12.4 Å². The zero-order valence-corrected chi connectivity index (χ0v) is 15.0. The number of benzene rings is 1. The molecule has 0 radical (unpaired) electrons. The molecule has 4 heterocycles. The van der Waals surface area contributed by atoms with Crippen molar-refractivity contribution in [1.82, 2.24) is 24.6 Å². The summed E-state index contributed by atoms with van der Waals surface area (Å²) in [5.41, 5.74) is 4.75. The first-order chi connectivity index (χ1) is 12.8. The third kappa shape index (κ3) is 2.80. The fourth-order valence-electron chi connectivity index (χ4n) is 3.91. The lowest BCUT2D eigenvalue weighted by molar-refractivity contribution is 0.254. The second-order valence-electron chi connectivity index (χ2n) is 7.23. The summed E-state index contributed by atoms with van der Waals surface area (Å²) in [6, 6.07) is 8.66. The molecule has 2 aliphatic rings. The number of hydrogen-bond acceptors (Lipinski definition) is 4. The van der Waals surface area contributed by atoms with E-state index in [0.29, 0.717) is 0 Å². The van der Waals surface area contributed by atoms with Crippen LogP contribution >= 0.6 is 0 Å². The van der Waals surface area contributed by atoms with Crippen LogP contribution in [0.15, 0.2) is 36.7 Å². The number of imidazole rings is 1. The molecule has 1 N–H and O–H groups in total. The summed E-state index contributed by atoms with van der Waals surface area (Å²) < 4.78 is 10.1. The number of nitrogens with one attached hydrogen (secondary N) is 1. The Bertz CT molecular complexity index is 918. The Morgan fingerprint density at radius 3 is 3.23 bits per heavy atom. The highest BCUT2D eigenvalue weighted by Gasteiger charge is 2.20. The Morgan fingerprint density at radius 1 is 1.31 bits per heavy atom. The van der Waals surface area contributed by atoms with E-state index in [1.165, 1.54) is 16.8 Å². The molecule has 1 aromatic carbocycles. The molecule has 0 spiro atoms. The summed E-state index contributed by atoms with van der Waals surface area (Å²) >= 11 is 0. The van der Waals surface area contributed by atoms with Crippen molar-refractivity contribution in [3.63, 3.8) is 0 Å². The van der Waals surface area contributed by atoms with Gasteiger partial charge in [0.25, 0.3) is 0 Å². The van der Waals surface area contributed by atoms with Gasteiger partial charge in [-0.25, -0.2) is 4.98 Å². The SMILES string of the molecule is C[C@H]1Cc2cc(Cn3ccnc3-c3cc4n(n3)CCCNC4)ccc2O1. The van der Waals surface area contributed by atoms with Crippen molar-refractivity contribution in [2.24, 2.45) is 0 Å². The average molecular weight is 349 g/mol. The van der Waals surface area contributed by atoms with Gasteiger partial charge in [-0.05, 0) is 43.1 Å². The summed E-state index contributed by atoms with van der Waals surface area (Å²) in [5, 5.41) is 8.24. The fourth-order valence-corrected chi connectivity index (χ4v) is 3.91. The summed E-state index contributed by atoms with van der Waals surface area (Å²) in [4.78, 5) is 4.58. The van der Waals surface area contributed by atoms with E-state index in [-0.39, 0.29) is 6.10 Å². The molecule has 26 heavy (non-hydrogen) atoms. The first-order valence-electron chi connectivity index (χ1n) is 9.34. The standard InChI is InChI=1S/C20H23N5O/c1-14-9-16-10-15(3-4-19(16)26-14)13-24-8-6-22-20(24)18-11-17-12-21-5-2-7-25(17)23-18/h3-4,6,8,10-11,14,21H,2,5,7,9,12-13H2,1H3/t14-/m0/s1. The van der Waals surface area contributed by atoms with Crippen LogP contribution in [0.1, 0.15) is 30.2 Å². The van der Waals surface area contributed by atoms with Crippen molar-refractivity contribution in [2.75, 3.05) is 6.54 Å². The molecule has 2 aromatic heterocycles. The van der Waals surface area contributed by atoms with Crippen LogP contribution in [-0.4, -0.2) is 32.0 Å².